The Balaban J connectivity index is 1.85. The number of anilines is 2. The number of aromatic nitrogens is 2. The van der Waals surface area contributed by atoms with E-state index in [4.69, 9.17) is 11.5 Å². The number of nitrogens with two attached hydrogens (primary N) is 2. The van der Waals surface area contributed by atoms with E-state index in [1.165, 1.54) is 37.7 Å². The molecule has 4 N–H and O–H groups in total. The molecule has 1 aliphatic carbocycles. The fraction of sp³-hybridized carbons (Fsp3) is 0.375. The van der Waals surface area contributed by atoms with Gasteiger partial charge in [0.15, 0.2) is 0 Å². The lowest BCUT2D eigenvalue weighted by Gasteiger charge is -2.22. The molecule has 20 heavy (non-hydrogen) atoms. The van der Waals surface area contributed by atoms with Crippen molar-refractivity contribution in [3.8, 4) is 11.3 Å². The number of hydrogen-bond acceptors (Lipinski definition) is 4. The molecule has 0 amide bonds. The van der Waals surface area contributed by atoms with Crippen molar-refractivity contribution in [2.24, 2.45) is 0 Å². The Bertz CT molecular complexity index is 566. The van der Waals surface area contributed by atoms with E-state index in [0.717, 1.165) is 17.2 Å². The lowest BCUT2D eigenvalue weighted by Crippen LogP contribution is -2.04. The standard InChI is InChI=1S/C16H20N4/c17-15-10-14(19-16(18)20-15)13-8-6-12(7-9-13)11-4-2-1-3-5-11/h6-11H,1-5H2,(H4,17,18,19,20). The molecule has 0 radical (unpaired) electrons. The van der Waals surface area contributed by atoms with Crippen LogP contribution in [0, 0.1) is 0 Å². The summed E-state index contributed by atoms with van der Waals surface area (Å²) in [6.45, 7) is 0. The summed E-state index contributed by atoms with van der Waals surface area (Å²) < 4.78 is 0. The molecule has 1 saturated carbocycles. The third-order valence-corrected chi connectivity index (χ3v) is 4.05. The summed E-state index contributed by atoms with van der Waals surface area (Å²) >= 11 is 0. The van der Waals surface area contributed by atoms with Crippen LogP contribution >= 0.6 is 0 Å². The minimum atomic E-state index is 0.219. The first-order valence-corrected chi connectivity index (χ1v) is 7.23. The van der Waals surface area contributed by atoms with Gasteiger partial charge in [0, 0.05) is 11.6 Å². The van der Waals surface area contributed by atoms with Crippen molar-refractivity contribution >= 4 is 11.8 Å². The van der Waals surface area contributed by atoms with Gasteiger partial charge in [0.25, 0.3) is 0 Å². The zero-order chi connectivity index (χ0) is 13.9. The third kappa shape index (κ3) is 2.74. The molecular weight excluding hydrogens is 248 g/mol. The lowest BCUT2D eigenvalue weighted by atomic mass is 9.84. The highest BCUT2D eigenvalue weighted by atomic mass is 15.0. The van der Waals surface area contributed by atoms with E-state index in [-0.39, 0.29) is 5.95 Å². The Morgan fingerprint density at radius 1 is 0.900 bits per heavy atom. The van der Waals surface area contributed by atoms with Gasteiger partial charge in [-0.15, -0.1) is 0 Å². The van der Waals surface area contributed by atoms with Crippen LogP contribution in [0.2, 0.25) is 0 Å². The SMILES string of the molecule is Nc1cc(-c2ccc(C3CCCCC3)cc2)nc(N)n1. The Morgan fingerprint density at radius 3 is 2.25 bits per heavy atom. The van der Waals surface area contributed by atoms with Gasteiger partial charge in [-0.05, 0) is 24.3 Å². The fourth-order valence-corrected chi connectivity index (χ4v) is 3.00. The van der Waals surface area contributed by atoms with E-state index < -0.39 is 0 Å². The van der Waals surface area contributed by atoms with E-state index in [1.54, 1.807) is 6.07 Å². The van der Waals surface area contributed by atoms with Gasteiger partial charge in [-0.3, -0.25) is 0 Å². The summed E-state index contributed by atoms with van der Waals surface area (Å²) in [6, 6.07) is 10.4. The van der Waals surface area contributed by atoms with Crippen LogP contribution in [0.15, 0.2) is 30.3 Å². The smallest absolute Gasteiger partial charge is 0.222 e. The van der Waals surface area contributed by atoms with Crippen LogP contribution in [-0.4, -0.2) is 9.97 Å². The van der Waals surface area contributed by atoms with Gasteiger partial charge in [0.2, 0.25) is 5.95 Å². The van der Waals surface area contributed by atoms with E-state index in [0.29, 0.717) is 5.82 Å². The van der Waals surface area contributed by atoms with Crippen LogP contribution in [-0.2, 0) is 0 Å². The second-order valence-corrected chi connectivity index (χ2v) is 5.49. The van der Waals surface area contributed by atoms with Crippen molar-refractivity contribution in [3.63, 3.8) is 0 Å². The minimum Gasteiger partial charge on any atom is -0.384 e. The summed E-state index contributed by atoms with van der Waals surface area (Å²) in [4.78, 5) is 8.13. The van der Waals surface area contributed by atoms with Gasteiger partial charge in [0.05, 0.1) is 5.69 Å². The molecule has 4 nitrogen and oxygen atoms in total. The first kappa shape index (κ1) is 12.9. The van der Waals surface area contributed by atoms with Crippen molar-refractivity contribution in [2.75, 3.05) is 11.5 Å². The van der Waals surface area contributed by atoms with Crippen LogP contribution in [0.25, 0.3) is 11.3 Å². The number of nitrogens with zero attached hydrogens (tertiary/aromatic N) is 2. The maximum absolute atomic E-state index is 5.71. The molecule has 0 atom stereocenters. The molecule has 2 aromatic rings. The van der Waals surface area contributed by atoms with Crippen LogP contribution in [0.3, 0.4) is 0 Å². The number of hydrogen-bond donors (Lipinski definition) is 2. The van der Waals surface area contributed by atoms with E-state index in [2.05, 4.69) is 34.2 Å². The molecule has 0 aliphatic heterocycles. The quantitative estimate of drug-likeness (QED) is 0.875. The maximum Gasteiger partial charge on any atom is 0.222 e. The molecule has 0 spiro atoms. The first-order chi connectivity index (χ1) is 9.72. The molecule has 1 aliphatic rings. The second kappa shape index (κ2) is 5.49. The number of rotatable bonds is 2. The predicted octanol–water partition coefficient (Wildman–Crippen LogP) is 3.36. The maximum atomic E-state index is 5.71. The van der Waals surface area contributed by atoms with Crippen LogP contribution in [0.4, 0.5) is 11.8 Å². The molecule has 1 fully saturated rings. The average Bonchev–Trinajstić information content (AvgIpc) is 2.47. The Labute approximate surface area is 119 Å². The number of benzene rings is 1. The highest BCUT2D eigenvalue weighted by Crippen LogP contribution is 2.33. The van der Waals surface area contributed by atoms with Gasteiger partial charge < -0.3 is 11.5 Å². The number of nitrogen functional groups attached to an aromatic ring is 2. The molecule has 4 heteroatoms. The van der Waals surface area contributed by atoms with Crippen molar-refractivity contribution in [3.05, 3.63) is 35.9 Å². The second-order valence-electron chi connectivity index (χ2n) is 5.49. The fourth-order valence-electron chi connectivity index (χ4n) is 3.00. The normalized spacial score (nSPS) is 16.2. The summed E-state index contributed by atoms with van der Waals surface area (Å²) in [7, 11) is 0. The van der Waals surface area contributed by atoms with Gasteiger partial charge in [0.1, 0.15) is 5.82 Å². The Morgan fingerprint density at radius 2 is 1.60 bits per heavy atom. The monoisotopic (exact) mass is 268 g/mol. The van der Waals surface area contributed by atoms with Gasteiger partial charge in [-0.1, -0.05) is 43.5 Å². The zero-order valence-electron chi connectivity index (χ0n) is 11.5. The zero-order valence-corrected chi connectivity index (χ0v) is 11.5. The molecule has 1 aromatic heterocycles. The molecule has 0 bridgehead atoms. The highest BCUT2D eigenvalue weighted by Gasteiger charge is 2.15. The van der Waals surface area contributed by atoms with E-state index in [1.807, 2.05) is 0 Å². The minimum absolute atomic E-state index is 0.219. The molecule has 0 saturated heterocycles. The lowest BCUT2D eigenvalue weighted by molar-refractivity contribution is 0.443. The molecular formula is C16H20N4. The summed E-state index contributed by atoms with van der Waals surface area (Å²) in [5, 5.41) is 0. The molecule has 104 valence electrons. The average molecular weight is 268 g/mol. The largest absolute Gasteiger partial charge is 0.384 e. The molecule has 1 heterocycles. The van der Waals surface area contributed by atoms with Crippen LogP contribution in [0.5, 0.6) is 0 Å². The van der Waals surface area contributed by atoms with Crippen molar-refractivity contribution in [1.82, 2.24) is 9.97 Å². The van der Waals surface area contributed by atoms with E-state index >= 15 is 0 Å². The van der Waals surface area contributed by atoms with Gasteiger partial charge in [-0.25, -0.2) is 4.98 Å². The topological polar surface area (TPSA) is 77.8 Å². The molecule has 0 unspecified atom stereocenters. The van der Waals surface area contributed by atoms with Crippen molar-refractivity contribution in [1.29, 1.82) is 0 Å². The predicted molar refractivity (Wildman–Crippen MR) is 82.1 cm³/mol. The first-order valence-electron chi connectivity index (χ1n) is 7.23. The van der Waals surface area contributed by atoms with Crippen LogP contribution in [0.1, 0.15) is 43.6 Å². The van der Waals surface area contributed by atoms with Gasteiger partial charge in [-0.2, -0.15) is 4.98 Å². The highest BCUT2D eigenvalue weighted by molar-refractivity contribution is 5.63. The summed E-state index contributed by atoms with van der Waals surface area (Å²) in [6.07, 6.45) is 6.71. The van der Waals surface area contributed by atoms with Crippen LogP contribution < -0.4 is 11.5 Å². The van der Waals surface area contributed by atoms with Gasteiger partial charge >= 0.3 is 0 Å². The molecule has 3 rings (SSSR count). The van der Waals surface area contributed by atoms with Crippen molar-refractivity contribution in [2.45, 2.75) is 38.0 Å². The Hall–Kier alpha value is -2.10. The molecule has 1 aromatic carbocycles. The third-order valence-electron chi connectivity index (χ3n) is 4.05. The summed E-state index contributed by atoms with van der Waals surface area (Å²) in [5.74, 6) is 1.35. The Kier molecular flexibility index (Phi) is 3.54. The van der Waals surface area contributed by atoms with E-state index in [9.17, 15) is 0 Å². The van der Waals surface area contributed by atoms with Crippen molar-refractivity contribution < 1.29 is 0 Å². The summed E-state index contributed by atoms with van der Waals surface area (Å²) in [5.41, 5.74) is 14.6.